The smallest absolute Gasteiger partial charge is 0.317 e. The first-order chi connectivity index (χ1) is 12.5. The van der Waals surface area contributed by atoms with Gasteiger partial charge in [0.05, 0.1) is 0 Å². The van der Waals surface area contributed by atoms with Crippen LogP contribution in [0, 0.1) is 0 Å². The van der Waals surface area contributed by atoms with E-state index in [9.17, 15) is 4.79 Å². The molecular weight excluding hydrogens is 392 g/mol. The van der Waals surface area contributed by atoms with E-state index in [4.69, 9.17) is 0 Å². The van der Waals surface area contributed by atoms with Gasteiger partial charge in [-0.2, -0.15) is 0 Å². The van der Waals surface area contributed by atoms with Gasteiger partial charge in [0.25, 0.3) is 0 Å². The van der Waals surface area contributed by atoms with Crippen molar-refractivity contribution in [2.45, 2.75) is 50.6 Å². The molecule has 0 saturated carbocycles. The number of likely N-dealkylation sites (N-methyl/N-ethyl adjacent to an activating group) is 1. The van der Waals surface area contributed by atoms with Crippen LogP contribution in [0.15, 0.2) is 16.6 Å². The summed E-state index contributed by atoms with van der Waals surface area (Å²) < 4.78 is 1.23. The normalized spacial score (nSPS) is 29.5. The minimum atomic E-state index is 0.0690. The van der Waals surface area contributed by atoms with Crippen LogP contribution in [-0.4, -0.2) is 61.1 Å². The third-order valence-corrected chi connectivity index (χ3v) is 7.23. The molecule has 2 heterocycles. The minimum absolute atomic E-state index is 0.0690. The summed E-state index contributed by atoms with van der Waals surface area (Å²) in [5.41, 5.74) is 4.30. The summed E-state index contributed by atoms with van der Waals surface area (Å²) in [6.45, 7) is 7.55. The van der Waals surface area contributed by atoms with Crippen molar-refractivity contribution < 1.29 is 4.79 Å². The second-order valence-corrected chi connectivity index (χ2v) is 8.76. The average molecular weight is 421 g/mol. The number of piperidine rings is 1. The van der Waals surface area contributed by atoms with Crippen molar-refractivity contribution >= 4 is 27.6 Å². The second-order valence-electron chi connectivity index (χ2n) is 7.90. The first-order valence-electron chi connectivity index (χ1n) is 9.85. The summed E-state index contributed by atoms with van der Waals surface area (Å²) in [4.78, 5) is 16.9. The number of benzene rings is 1. The van der Waals surface area contributed by atoms with E-state index in [1.165, 1.54) is 27.7 Å². The number of rotatable bonds is 3. The van der Waals surface area contributed by atoms with E-state index in [0.717, 1.165) is 32.6 Å². The lowest BCUT2D eigenvalue weighted by molar-refractivity contribution is 0.108. The van der Waals surface area contributed by atoms with Crippen LogP contribution in [0.4, 0.5) is 10.5 Å². The number of amides is 2. The van der Waals surface area contributed by atoms with Gasteiger partial charge in [0, 0.05) is 60.3 Å². The highest BCUT2D eigenvalue weighted by molar-refractivity contribution is 9.10. The van der Waals surface area contributed by atoms with E-state index in [1.54, 1.807) is 0 Å². The Morgan fingerprint density at radius 3 is 2.81 bits per heavy atom. The molecule has 0 spiro atoms. The maximum atomic E-state index is 12.5. The fraction of sp³-hybridized carbons (Fsp3) is 0.650. The molecule has 5 nitrogen and oxygen atoms in total. The van der Waals surface area contributed by atoms with Gasteiger partial charge in [-0.15, -0.1) is 0 Å². The molecule has 2 aliphatic heterocycles. The maximum absolute atomic E-state index is 12.5. The van der Waals surface area contributed by atoms with Crippen LogP contribution in [0.5, 0.6) is 0 Å². The monoisotopic (exact) mass is 420 g/mol. The van der Waals surface area contributed by atoms with Crippen molar-refractivity contribution in [3.05, 3.63) is 27.7 Å². The number of likely N-dealkylation sites (tertiary alicyclic amines) is 1. The van der Waals surface area contributed by atoms with Crippen molar-refractivity contribution in [3.63, 3.8) is 0 Å². The summed E-state index contributed by atoms with van der Waals surface area (Å²) >= 11 is 3.83. The van der Waals surface area contributed by atoms with E-state index in [2.05, 4.69) is 50.6 Å². The van der Waals surface area contributed by atoms with E-state index in [1.807, 2.05) is 18.7 Å². The fourth-order valence-corrected chi connectivity index (χ4v) is 5.91. The van der Waals surface area contributed by atoms with Crippen molar-refractivity contribution in [1.82, 2.24) is 15.1 Å². The molecule has 2 amide bonds. The van der Waals surface area contributed by atoms with Gasteiger partial charge >= 0.3 is 6.03 Å². The molecule has 4 atom stereocenters. The van der Waals surface area contributed by atoms with Crippen LogP contribution < -0.4 is 10.6 Å². The number of nitrogens with zero attached hydrogens (tertiary/aromatic N) is 2. The van der Waals surface area contributed by atoms with Crippen LogP contribution in [0.25, 0.3) is 0 Å². The van der Waals surface area contributed by atoms with E-state index < -0.39 is 0 Å². The molecule has 2 unspecified atom stereocenters. The molecule has 1 aromatic carbocycles. The molecule has 3 aliphatic rings. The topological polar surface area (TPSA) is 47.6 Å². The number of fused-ring (bicyclic) bond motifs is 2. The summed E-state index contributed by atoms with van der Waals surface area (Å²) in [5.74, 6) is 1.08. The number of carbonyl (C=O) groups is 1. The SMILES string of the molecule is CCN(CC)C(=O)N[C@H]1CC2c3c(Br)ccc4c3C(CN4)C[C@H]2N(C)C1. The highest BCUT2D eigenvalue weighted by atomic mass is 79.9. The molecule has 1 fully saturated rings. The lowest BCUT2D eigenvalue weighted by atomic mass is 9.70. The first kappa shape index (κ1) is 18.1. The Kier molecular flexibility index (Phi) is 4.90. The summed E-state index contributed by atoms with van der Waals surface area (Å²) in [5, 5.41) is 6.88. The van der Waals surface area contributed by atoms with Gasteiger partial charge in [0.2, 0.25) is 0 Å². The van der Waals surface area contributed by atoms with Crippen molar-refractivity contribution in [2.24, 2.45) is 0 Å². The molecule has 4 rings (SSSR count). The molecular formula is C20H29BrN4O. The first-order valence-corrected chi connectivity index (χ1v) is 10.6. The number of carbonyl (C=O) groups excluding carboxylic acids is 1. The van der Waals surface area contributed by atoms with Gasteiger partial charge in [-0.05, 0) is 57.0 Å². The lowest BCUT2D eigenvalue weighted by Crippen LogP contribution is -2.56. The summed E-state index contributed by atoms with van der Waals surface area (Å²) in [7, 11) is 2.22. The third-order valence-electron chi connectivity index (χ3n) is 6.53. The van der Waals surface area contributed by atoms with E-state index in [0.29, 0.717) is 17.9 Å². The van der Waals surface area contributed by atoms with Crippen LogP contribution in [-0.2, 0) is 0 Å². The van der Waals surface area contributed by atoms with Gasteiger partial charge in [-0.1, -0.05) is 15.9 Å². The van der Waals surface area contributed by atoms with Crippen molar-refractivity contribution in [1.29, 1.82) is 0 Å². The number of halogens is 1. The van der Waals surface area contributed by atoms with Crippen molar-refractivity contribution in [2.75, 3.05) is 38.5 Å². The largest absolute Gasteiger partial charge is 0.384 e. The molecule has 1 aromatic rings. The molecule has 0 radical (unpaired) electrons. The Bertz CT molecular complexity index is 705. The highest BCUT2D eigenvalue weighted by Crippen LogP contribution is 2.52. The number of hydrogen-bond acceptors (Lipinski definition) is 3. The quantitative estimate of drug-likeness (QED) is 0.785. The predicted octanol–water partition coefficient (Wildman–Crippen LogP) is 3.57. The number of nitrogens with one attached hydrogen (secondary N) is 2. The molecule has 1 aliphatic carbocycles. The minimum Gasteiger partial charge on any atom is -0.384 e. The Balaban J connectivity index is 1.60. The Labute approximate surface area is 164 Å². The second kappa shape index (κ2) is 7.04. The lowest BCUT2D eigenvalue weighted by Gasteiger charge is -2.48. The number of anilines is 1. The van der Waals surface area contributed by atoms with Crippen LogP contribution in [0.3, 0.4) is 0 Å². The molecule has 142 valence electrons. The van der Waals surface area contributed by atoms with Gasteiger partial charge in [0.15, 0.2) is 0 Å². The van der Waals surface area contributed by atoms with Gasteiger partial charge in [0.1, 0.15) is 0 Å². The summed E-state index contributed by atoms with van der Waals surface area (Å²) in [6, 6.07) is 5.21. The molecule has 1 saturated heterocycles. The molecule has 0 bridgehead atoms. The van der Waals surface area contributed by atoms with E-state index >= 15 is 0 Å². The Morgan fingerprint density at radius 2 is 2.08 bits per heavy atom. The zero-order valence-electron chi connectivity index (χ0n) is 15.9. The van der Waals surface area contributed by atoms with Crippen LogP contribution >= 0.6 is 15.9 Å². The Morgan fingerprint density at radius 1 is 1.31 bits per heavy atom. The highest BCUT2D eigenvalue weighted by Gasteiger charge is 2.45. The zero-order valence-corrected chi connectivity index (χ0v) is 17.5. The zero-order chi connectivity index (χ0) is 18.4. The fourth-order valence-electron chi connectivity index (χ4n) is 5.27. The predicted molar refractivity (Wildman–Crippen MR) is 109 cm³/mol. The number of urea groups is 1. The van der Waals surface area contributed by atoms with E-state index in [-0.39, 0.29) is 12.1 Å². The van der Waals surface area contributed by atoms with Gasteiger partial charge in [-0.25, -0.2) is 4.79 Å². The standard InChI is InChI=1S/C20H29BrN4O/c1-4-25(5-2)20(26)23-13-9-14-17(24(3)11-13)8-12-10-22-16-7-6-15(21)19(14)18(12)16/h6-7,12-14,17,22H,4-5,8-11H2,1-3H3,(H,23,26)/t12?,13-,14?,17+/m0/s1. The molecule has 26 heavy (non-hydrogen) atoms. The average Bonchev–Trinajstić information content (AvgIpc) is 3.02. The van der Waals surface area contributed by atoms with Crippen molar-refractivity contribution in [3.8, 4) is 0 Å². The Hall–Kier alpha value is -1.27. The van der Waals surface area contributed by atoms with Crippen LogP contribution in [0.2, 0.25) is 0 Å². The molecule has 2 N–H and O–H groups in total. The summed E-state index contributed by atoms with van der Waals surface area (Å²) in [6.07, 6.45) is 2.23. The van der Waals surface area contributed by atoms with Gasteiger partial charge in [-0.3, -0.25) is 0 Å². The molecule has 0 aromatic heterocycles. The maximum Gasteiger partial charge on any atom is 0.317 e. The number of hydrogen-bond donors (Lipinski definition) is 2. The molecule has 6 heteroatoms. The third kappa shape index (κ3) is 2.91. The van der Waals surface area contributed by atoms with Crippen LogP contribution in [0.1, 0.15) is 49.7 Å². The van der Waals surface area contributed by atoms with Gasteiger partial charge < -0.3 is 20.4 Å².